The molecule has 7 nitrogen and oxygen atoms in total. The molecule has 0 spiro atoms. The molecular formula is C5H6N2O5S. The fourth-order valence-electron chi connectivity index (χ4n) is 0.683. The Labute approximate surface area is 73.5 Å². The Balaban J connectivity index is 3.12. The van der Waals surface area contributed by atoms with Gasteiger partial charge in [-0.05, 0) is 0 Å². The number of hydrogen-bond acceptors (Lipinski definition) is 6. The summed E-state index contributed by atoms with van der Waals surface area (Å²) in [6, 6.07) is 0. The number of carbonyl (C=O) groups is 1. The summed E-state index contributed by atoms with van der Waals surface area (Å²) in [5, 5.41) is 4.82. The summed E-state index contributed by atoms with van der Waals surface area (Å²) in [4.78, 5) is 10.3. The van der Waals surface area contributed by atoms with E-state index in [2.05, 4.69) is 14.6 Å². The van der Waals surface area contributed by atoms with Crippen molar-refractivity contribution in [2.45, 2.75) is 12.2 Å². The molecule has 0 fully saturated rings. The molecule has 8 heteroatoms. The molecule has 1 aromatic rings. The van der Waals surface area contributed by atoms with E-state index in [1.165, 1.54) is 6.92 Å². The molecule has 0 aliphatic rings. The Morgan fingerprint density at radius 3 is 2.46 bits per heavy atom. The van der Waals surface area contributed by atoms with Crippen LogP contribution in [0.2, 0.25) is 0 Å². The van der Waals surface area contributed by atoms with E-state index in [0.29, 0.717) is 0 Å². The smallest absolute Gasteiger partial charge is 0.283 e. The number of aromatic nitrogens is 2. The van der Waals surface area contributed by atoms with Crippen LogP contribution in [0.15, 0.2) is 4.42 Å². The van der Waals surface area contributed by atoms with E-state index in [4.69, 9.17) is 4.55 Å². The fourth-order valence-corrected chi connectivity index (χ4v) is 1.17. The second kappa shape index (κ2) is 3.23. The highest BCUT2D eigenvalue weighted by molar-refractivity contribution is 7.86. The molecule has 0 saturated carbocycles. The van der Waals surface area contributed by atoms with E-state index >= 15 is 0 Å². The Bertz CT molecular complexity index is 408. The van der Waals surface area contributed by atoms with Crippen LogP contribution in [0.1, 0.15) is 17.0 Å². The van der Waals surface area contributed by atoms with Crippen molar-refractivity contribution in [3.05, 3.63) is 11.8 Å². The van der Waals surface area contributed by atoms with Crippen LogP contribution in [0, 0.1) is 6.92 Å². The van der Waals surface area contributed by atoms with Crippen molar-refractivity contribution in [1.29, 1.82) is 0 Å². The predicted octanol–water partition coefficient (Wildman–Crippen LogP) is -0.494. The zero-order valence-electron chi connectivity index (χ0n) is 6.54. The van der Waals surface area contributed by atoms with Gasteiger partial charge in [-0.2, -0.15) is 8.42 Å². The summed E-state index contributed by atoms with van der Waals surface area (Å²) in [6.07, 6.45) is 0.0162. The van der Waals surface area contributed by atoms with Gasteiger partial charge >= 0.3 is 0 Å². The Morgan fingerprint density at radius 2 is 2.15 bits per heavy atom. The maximum Gasteiger partial charge on any atom is 0.283 e. The maximum atomic E-state index is 10.6. The molecule has 0 aliphatic heterocycles. The van der Waals surface area contributed by atoms with Crippen LogP contribution in [0.25, 0.3) is 0 Å². The normalized spacial score (nSPS) is 14.0. The third-order valence-corrected chi connectivity index (χ3v) is 2.18. The van der Waals surface area contributed by atoms with Gasteiger partial charge in [0.05, 0.1) is 0 Å². The molecule has 0 bridgehead atoms. The molecule has 1 heterocycles. The average molecular weight is 206 g/mol. The highest BCUT2D eigenvalue weighted by Gasteiger charge is 2.29. The second-order valence-electron chi connectivity index (χ2n) is 2.23. The van der Waals surface area contributed by atoms with E-state index < -0.39 is 21.3 Å². The van der Waals surface area contributed by atoms with E-state index in [0.717, 1.165) is 0 Å². The zero-order chi connectivity index (χ0) is 10.1. The first-order chi connectivity index (χ1) is 5.95. The van der Waals surface area contributed by atoms with Crippen molar-refractivity contribution < 1.29 is 22.2 Å². The fraction of sp³-hybridized carbons (Fsp3) is 0.400. The van der Waals surface area contributed by atoms with E-state index in [1.54, 1.807) is 0 Å². The van der Waals surface area contributed by atoms with Gasteiger partial charge in [-0.1, -0.05) is 0 Å². The van der Waals surface area contributed by atoms with Crippen molar-refractivity contribution in [3.8, 4) is 0 Å². The monoisotopic (exact) mass is 206 g/mol. The summed E-state index contributed by atoms with van der Waals surface area (Å²) < 4.78 is 34.4. The minimum Gasteiger partial charge on any atom is -0.424 e. The molecule has 1 unspecified atom stereocenters. The van der Waals surface area contributed by atoms with Crippen LogP contribution in [0.3, 0.4) is 0 Å². The van der Waals surface area contributed by atoms with Crippen molar-refractivity contribution in [3.63, 3.8) is 0 Å². The summed E-state index contributed by atoms with van der Waals surface area (Å²) >= 11 is 0. The van der Waals surface area contributed by atoms with Gasteiger partial charge in [-0.3, -0.25) is 4.55 Å². The highest BCUT2D eigenvalue weighted by atomic mass is 32.2. The molecule has 0 aliphatic carbocycles. The first kappa shape index (κ1) is 9.81. The quantitative estimate of drug-likeness (QED) is 0.524. The summed E-state index contributed by atoms with van der Waals surface area (Å²) in [5.74, 6) is -0.319. The summed E-state index contributed by atoms with van der Waals surface area (Å²) in [7, 11) is -4.52. The summed E-state index contributed by atoms with van der Waals surface area (Å²) in [5.41, 5.74) is 0. The lowest BCUT2D eigenvalue weighted by molar-refractivity contribution is -0.108. The molecule has 72 valence electrons. The van der Waals surface area contributed by atoms with Crippen molar-refractivity contribution >= 4 is 16.4 Å². The standard InChI is InChI=1S/C5H6N2O5S/c1-3-6-7-5(12-3)4(2-8)13(9,10)11/h2,4H,1H3,(H,9,10,11). The van der Waals surface area contributed by atoms with E-state index in [-0.39, 0.29) is 12.2 Å². The SMILES string of the molecule is Cc1nnc(C(C=O)S(=O)(=O)O)o1. The first-order valence-corrected chi connectivity index (χ1v) is 4.67. The van der Waals surface area contributed by atoms with Gasteiger partial charge in [0.1, 0.15) is 6.29 Å². The molecule has 0 amide bonds. The lowest BCUT2D eigenvalue weighted by atomic mass is 10.5. The molecule has 1 rings (SSSR count). The first-order valence-electron chi connectivity index (χ1n) is 3.16. The van der Waals surface area contributed by atoms with E-state index in [9.17, 15) is 13.2 Å². The Morgan fingerprint density at radius 1 is 1.54 bits per heavy atom. The van der Waals surface area contributed by atoms with Crippen LogP contribution in [0.5, 0.6) is 0 Å². The van der Waals surface area contributed by atoms with Crippen LogP contribution in [-0.2, 0) is 14.9 Å². The average Bonchev–Trinajstić information content (AvgIpc) is 2.34. The minimum absolute atomic E-state index is 0.0162. The van der Waals surface area contributed by atoms with Crippen molar-refractivity contribution in [2.24, 2.45) is 0 Å². The third kappa shape index (κ3) is 2.10. The summed E-state index contributed by atoms with van der Waals surface area (Å²) in [6.45, 7) is 1.43. The third-order valence-electron chi connectivity index (χ3n) is 1.23. The molecule has 1 N–H and O–H groups in total. The van der Waals surface area contributed by atoms with E-state index in [1.807, 2.05) is 0 Å². The second-order valence-corrected chi connectivity index (χ2v) is 3.77. The number of rotatable bonds is 3. The molecule has 0 aromatic carbocycles. The number of hydrogen-bond donors (Lipinski definition) is 1. The van der Waals surface area contributed by atoms with Crippen LogP contribution in [0.4, 0.5) is 0 Å². The van der Waals surface area contributed by atoms with Gasteiger partial charge in [0.2, 0.25) is 17.0 Å². The van der Waals surface area contributed by atoms with Crippen LogP contribution in [-0.4, -0.2) is 29.5 Å². The molecule has 0 saturated heterocycles. The largest absolute Gasteiger partial charge is 0.424 e. The molecule has 13 heavy (non-hydrogen) atoms. The lowest BCUT2D eigenvalue weighted by Crippen LogP contribution is -2.13. The van der Waals surface area contributed by atoms with Crippen LogP contribution < -0.4 is 0 Å². The van der Waals surface area contributed by atoms with Gasteiger partial charge in [-0.25, -0.2) is 0 Å². The number of nitrogens with zero attached hydrogens (tertiary/aromatic N) is 2. The van der Waals surface area contributed by atoms with Crippen molar-refractivity contribution in [2.75, 3.05) is 0 Å². The molecule has 1 atom stereocenters. The zero-order valence-corrected chi connectivity index (χ0v) is 7.35. The lowest BCUT2D eigenvalue weighted by Gasteiger charge is -1.98. The molecular weight excluding hydrogens is 200 g/mol. The van der Waals surface area contributed by atoms with Gasteiger partial charge in [-0.15, -0.1) is 10.2 Å². The van der Waals surface area contributed by atoms with Gasteiger partial charge in [0.15, 0.2) is 0 Å². The number of carbonyl (C=O) groups excluding carboxylic acids is 1. The molecule has 1 aromatic heterocycles. The molecule has 0 radical (unpaired) electrons. The maximum absolute atomic E-state index is 10.6. The van der Waals surface area contributed by atoms with Gasteiger partial charge < -0.3 is 9.21 Å². The number of aldehydes is 1. The topological polar surface area (TPSA) is 110 Å². The van der Waals surface area contributed by atoms with Crippen molar-refractivity contribution in [1.82, 2.24) is 10.2 Å². The minimum atomic E-state index is -4.52. The Hall–Kier alpha value is -1.28. The Kier molecular flexibility index (Phi) is 2.43. The predicted molar refractivity (Wildman–Crippen MR) is 39.4 cm³/mol. The van der Waals surface area contributed by atoms with Crippen LogP contribution >= 0.6 is 0 Å². The highest BCUT2D eigenvalue weighted by Crippen LogP contribution is 2.16. The van der Waals surface area contributed by atoms with Gasteiger partial charge in [0, 0.05) is 6.92 Å². The number of aryl methyl sites for hydroxylation is 1. The van der Waals surface area contributed by atoms with Gasteiger partial charge in [0.25, 0.3) is 10.1 Å².